The Labute approximate surface area is 102 Å². The number of nitrogens with zero attached hydrogens (tertiary/aromatic N) is 1. The molecule has 0 atom stereocenters. The Balaban J connectivity index is 2.53. The molecule has 0 saturated carbocycles. The average Bonchev–Trinajstić information content (AvgIpc) is 2.77. The molecule has 3 N–H and O–H groups in total. The van der Waals surface area contributed by atoms with Gasteiger partial charge in [0, 0.05) is 16.8 Å². The molecule has 1 aromatic rings. The predicted octanol–water partition coefficient (Wildman–Crippen LogP) is 2.34. The van der Waals surface area contributed by atoms with E-state index in [1.807, 2.05) is 0 Å². The maximum absolute atomic E-state index is 5.76. The molecule has 90 valence electrons. The first-order valence-corrected chi connectivity index (χ1v) is 6.52. The van der Waals surface area contributed by atoms with E-state index in [1.54, 1.807) is 11.3 Å². The monoisotopic (exact) mass is 239 g/mol. The third-order valence-corrected chi connectivity index (χ3v) is 3.62. The second-order valence-electron chi connectivity index (χ2n) is 4.49. The Morgan fingerprint density at radius 2 is 2.31 bits per heavy atom. The highest BCUT2D eigenvalue weighted by Crippen LogP contribution is 2.27. The van der Waals surface area contributed by atoms with Crippen LogP contribution in [0.2, 0.25) is 0 Å². The van der Waals surface area contributed by atoms with Crippen molar-refractivity contribution in [2.24, 2.45) is 10.7 Å². The van der Waals surface area contributed by atoms with Crippen molar-refractivity contribution in [2.45, 2.75) is 32.6 Å². The van der Waals surface area contributed by atoms with E-state index in [4.69, 9.17) is 5.73 Å². The molecular weight excluding hydrogens is 218 g/mol. The van der Waals surface area contributed by atoms with Gasteiger partial charge in [-0.1, -0.05) is 26.8 Å². The largest absolute Gasteiger partial charge is 0.370 e. The quantitative estimate of drug-likeness (QED) is 0.612. The summed E-state index contributed by atoms with van der Waals surface area (Å²) in [4.78, 5) is 5.73. The van der Waals surface area contributed by atoms with Crippen LogP contribution in [-0.2, 0) is 5.41 Å². The molecule has 0 unspecified atom stereocenters. The van der Waals surface area contributed by atoms with E-state index in [9.17, 15) is 0 Å². The first-order chi connectivity index (χ1) is 7.56. The van der Waals surface area contributed by atoms with Gasteiger partial charge in [0.25, 0.3) is 0 Å². The normalized spacial score (nSPS) is 12.8. The Morgan fingerprint density at radius 3 is 2.88 bits per heavy atom. The van der Waals surface area contributed by atoms with E-state index >= 15 is 0 Å². The van der Waals surface area contributed by atoms with Gasteiger partial charge in [0.1, 0.15) is 0 Å². The molecule has 0 aliphatic heterocycles. The standard InChI is InChI=1S/C12H21N3S/c1-4-7-14-11(13)15-9-12(2,3)10-6-5-8-16-10/h5-6,8H,4,7,9H2,1-3H3,(H3,13,14,15). The molecule has 0 amide bonds. The second-order valence-corrected chi connectivity index (χ2v) is 5.44. The summed E-state index contributed by atoms with van der Waals surface area (Å²) in [6.45, 7) is 8.09. The van der Waals surface area contributed by atoms with Gasteiger partial charge < -0.3 is 11.1 Å². The summed E-state index contributed by atoms with van der Waals surface area (Å²) >= 11 is 1.77. The molecule has 0 spiro atoms. The third kappa shape index (κ3) is 3.85. The molecule has 0 aromatic carbocycles. The molecule has 1 rings (SSSR count). The van der Waals surface area contributed by atoms with Crippen LogP contribution >= 0.6 is 11.3 Å². The van der Waals surface area contributed by atoms with E-state index in [-0.39, 0.29) is 5.41 Å². The lowest BCUT2D eigenvalue weighted by Crippen LogP contribution is -2.34. The summed E-state index contributed by atoms with van der Waals surface area (Å²) in [6, 6.07) is 4.22. The highest BCUT2D eigenvalue weighted by Gasteiger charge is 2.21. The fourth-order valence-electron chi connectivity index (χ4n) is 1.33. The van der Waals surface area contributed by atoms with Crippen LogP contribution in [-0.4, -0.2) is 19.0 Å². The van der Waals surface area contributed by atoms with Crippen LogP contribution < -0.4 is 11.1 Å². The fraction of sp³-hybridized carbons (Fsp3) is 0.583. The Bertz CT molecular complexity index is 328. The topological polar surface area (TPSA) is 50.4 Å². The number of hydrogen-bond acceptors (Lipinski definition) is 2. The first kappa shape index (κ1) is 13.0. The third-order valence-electron chi connectivity index (χ3n) is 2.39. The zero-order valence-corrected chi connectivity index (χ0v) is 11.1. The van der Waals surface area contributed by atoms with Gasteiger partial charge >= 0.3 is 0 Å². The molecule has 0 radical (unpaired) electrons. The lowest BCUT2D eigenvalue weighted by molar-refractivity contribution is 0.550. The number of aliphatic imine (C=N–C) groups is 1. The Kier molecular flexibility index (Phi) is 4.80. The summed E-state index contributed by atoms with van der Waals surface area (Å²) < 4.78 is 0. The van der Waals surface area contributed by atoms with Crippen LogP contribution in [0.3, 0.4) is 0 Å². The number of guanidine groups is 1. The molecule has 1 aromatic heterocycles. The molecule has 0 fully saturated rings. The summed E-state index contributed by atoms with van der Waals surface area (Å²) in [5, 5.41) is 5.18. The zero-order chi connectivity index (χ0) is 12.0. The molecule has 0 aliphatic carbocycles. The Hall–Kier alpha value is -1.03. The van der Waals surface area contributed by atoms with Crippen molar-refractivity contribution >= 4 is 17.3 Å². The van der Waals surface area contributed by atoms with E-state index in [0.29, 0.717) is 5.96 Å². The van der Waals surface area contributed by atoms with E-state index in [0.717, 1.165) is 19.5 Å². The van der Waals surface area contributed by atoms with Gasteiger partial charge in [0.15, 0.2) is 5.96 Å². The summed E-state index contributed by atoms with van der Waals surface area (Å²) in [7, 11) is 0. The van der Waals surface area contributed by atoms with Crippen molar-refractivity contribution < 1.29 is 0 Å². The highest BCUT2D eigenvalue weighted by atomic mass is 32.1. The van der Waals surface area contributed by atoms with Crippen molar-refractivity contribution in [1.82, 2.24) is 5.32 Å². The summed E-state index contributed by atoms with van der Waals surface area (Å²) in [5.41, 5.74) is 5.82. The fourth-order valence-corrected chi connectivity index (χ4v) is 2.18. The van der Waals surface area contributed by atoms with Crippen LogP contribution in [0, 0.1) is 0 Å². The molecule has 1 heterocycles. The van der Waals surface area contributed by atoms with Crippen molar-refractivity contribution in [3.8, 4) is 0 Å². The van der Waals surface area contributed by atoms with Crippen LogP contribution in [0.25, 0.3) is 0 Å². The minimum atomic E-state index is 0.0622. The summed E-state index contributed by atoms with van der Waals surface area (Å²) in [5.74, 6) is 0.548. The molecule has 4 heteroatoms. The van der Waals surface area contributed by atoms with Crippen molar-refractivity contribution in [1.29, 1.82) is 0 Å². The SMILES string of the molecule is CCCNC(N)=NCC(C)(C)c1cccs1. The molecule has 0 saturated heterocycles. The molecular formula is C12H21N3S. The maximum atomic E-state index is 5.76. The Morgan fingerprint density at radius 1 is 1.56 bits per heavy atom. The lowest BCUT2D eigenvalue weighted by Gasteiger charge is -2.20. The zero-order valence-electron chi connectivity index (χ0n) is 10.3. The maximum Gasteiger partial charge on any atom is 0.188 e. The number of nitrogens with one attached hydrogen (secondary N) is 1. The van der Waals surface area contributed by atoms with Crippen LogP contribution in [0.4, 0.5) is 0 Å². The number of hydrogen-bond donors (Lipinski definition) is 2. The average molecular weight is 239 g/mol. The molecule has 0 bridgehead atoms. The predicted molar refractivity (Wildman–Crippen MR) is 72.1 cm³/mol. The van der Waals surface area contributed by atoms with Crippen molar-refractivity contribution in [3.63, 3.8) is 0 Å². The number of nitrogens with two attached hydrogens (primary N) is 1. The van der Waals surface area contributed by atoms with E-state index < -0.39 is 0 Å². The molecule has 16 heavy (non-hydrogen) atoms. The number of thiophene rings is 1. The van der Waals surface area contributed by atoms with Crippen molar-refractivity contribution in [3.05, 3.63) is 22.4 Å². The van der Waals surface area contributed by atoms with Gasteiger partial charge in [-0.2, -0.15) is 0 Å². The van der Waals surface area contributed by atoms with E-state index in [1.165, 1.54) is 4.88 Å². The molecule has 3 nitrogen and oxygen atoms in total. The second kappa shape index (κ2) is 5.89. The van der Waals surface area contributed by atoms with E-state index in [2.05, 4.69) is 48.6 Å². The van der Waals surface area contributed by atoms with Gasteiger partial charge in [-0.15, -0.1) is 11.3 Å². The van der Waals surface area contributed by atoms with Crippen LogP contribution in [0.15, 0.2) is 22.5 Å². The van der Waals surface area contributed by atoms with Crippen molar-refractivity contribution in [2.75, 3.05) is 13.1 Å². The van der Waals surface area contributed by atoms with Crippen LogP contribution in [0.5, 0.6) is 0 Å². The van der Waals surface area contributed by atoms with Crippen LogP contribution in [0.1, 0.15) is 32.1 Å². The minimum absolute atomic E-state index is 0.0622. The lowest BCUT2D eigenvalue weighted by atomic mass is 9.92. The van der Waals surface area contributed by atoms with Gasteiger partial charge in [-0.25, -0.2) is 0 Å². The smallest absolute Gasteiger partial charge is 0.188 e. The number of rotatable bonds is 5. The van der Waals surface area contributed by atoms with Gasteiger partial charge in [-0.05, 0) is 17.9 Å². The molecule has 0 aliphatic rings. The summed E-state index contributed by atoms with van der Waals surface area (Å²) in [6.07, 6.45) is 1.06. The highest BCUT2D eigenvalue weighted by molar-refractivity contribution is 7.10. The van der Waals surface area contributed by atoms with Gasteiger partial charge in [-0.3, -0.25) is 4.99 Å². The minimum Gasteiger partial charge on any atom is -0.370 e. The first-order valence-electron chi connectivity index (χ1n) is 5.64. The van der Waals surface area contributed by atoms with Gasteiger partial charge in [0.2, 0.25) is 0 Å². The van der Waals surface area contributed by atoms with Gasteiger partial charge in [0.05, 0.1) is 6.54 Å².